The first kappa shape index (κ1) is 18.9. The van der Waals surface area contributed by atoms with E-state index in [-0.39, 0.29) is 17.3 Å². The maximum Gasteiger partial charge on any atom is 0.353 e. The standard InChI is InChI=1S/C18H15Cl2N5O2/c1-10-3-5-14(11(2)7-10)23-17-16(25(26)27)18(22-9-21-17)24-15-6-4-12(19)8-13(15)20/h3-9H,1-2H3,(H2,21,22,23,24). The first-order valence-corrected chi connectivity index (χ1v) is 8.66. The molecule has 0 spiro atoms. The molecule has 0 aliphatic rings. The predicted molar refractivity (Wildman–Crippen MR) is 108 cm³/mol. The van der Waals surface area contributed by atoms with Crippen LogP contribution in [0, 0.1) is 24.0 Å². The van der Waals surface area contributed by atoms with Crippen molar-refractivity contribution in [1.82, 2.24) is 9.97 Å². The minimum atomic E-state index is -0.544. The second kappa shape index (κ2) is 7.77. The maximum absolute atomic E-state index is 11.7. The summed E-state index contributed by atoms with van der Waals surface area (Å²) in [7, 11) is 0. The van der Waals surface area contributed by atoms with Crippen LogP contribution in [0.2, 0.25) is 10.0 Å². The first-order valence-electron chi connectivity index (χ1n) is 7.91. The maximum atomic E-state index is 11.7. The van der Waals surface area contributed by atoms with Gasteiger partial charge in [-0.15, -0.1) is 0 Å². The molecule has 0 saturated carbocycles. The van der Waals surface area contributed by atoms with Crippen LogP contribution in [0.3, 0.4) is 0 Å². The molecule has 27 heavy (non-hydrogen) atoms. The van der Waals surface area contributed by atoms with E-state index in [9.17, 15) is 10.1 Å². The number of benzene rings is 2. The van der Waals surface area contributed by atoms with Crippen molar-refractivity contribution in [3.8, 4) is 0 Å². The summed E-state index contributed by atoms with van der Waals surface area (Å²) in [5.74, 6) is 0.0982. The zero-order valence-electron chi connectivity index (χ0n) is 14.5. The molecule has 0 saturated heterocycles. The fraction of sp³-hybridized carbons (Fsp3) is 0.111. The van der Waals surface area contributed by atoms with Gasteiger partial charge in [-0.2, -0.15) is 0 Å². The lowest BCUT2D eigenvalue weighted by atomic mass is 10.1. The Balaban J connectivity index is 2.01. The van der Waals surface area contributed by atoms with E-state index in [4.69, 9.17) is 23.2 Å². The van der Waals surface area contributed by atoms with Crippen LogP contribution >= 0.6 is 23.2 Å². The molecule has 138 valence electrons. The molecule has 0 atom stereocenters. The van der Waals surface area contributed by atoms with Gasteiger partial charge in [-0.25, -0.2) is 9.97 Å². The number of halogens is 2. The fourth-order valence-corrected chi connectivity index (χ4v) is 2.99. The summed E-state index contributed by atoms with van der Waals surface area (Å²) < 4.78 is 0. The molecule has 3 aromatic rings. The van der Waals surface area contributed by atoms with Crippen LogP contribution in [0.1, 0.15) is 11.1 Å². The van der Waals surface area contributed by atoms with E-state index in [1.165, 1.54) is 12.4 Å². The predicted octanol–water partition coefficient (Wildman–Crippen LogP) is 5.80. The van der Waals surface area contributed by atoms with E-state index >= 15 is 0 Å². The van der Waals surface area contributed by atoms with Crippen molar-refractivity contribution >= 4 is 51.9 Å². The normalized spacial score (nSPS) is 10.5. The second-order valence-electron chi connectivity index (χ2n) is 5.87. The highest BCUT2D eigenvalue weighted by molar-refractivity contribution is 6.36. The number of hydrogen-bond donors (Lipinski definition) is 2. The van der Waals surface area contributed by atoms with Crippen LogP contribution in [0.4, 0.5) is 28.7 Å². The molecule has 0 aliphatic heterocycles. The quantitative estimate of drug-likeness (QED) is 0.413. The minimum absolute atomic E-state index is 0.0199. The topological polar surface area (TPSA) is 93.0 Å². The Bertz CT molecular complexity index is 955. The van der Waals surface area contributed by atoms with E-state index in [0.717, 1.165) is 16.8 Å². The largest absolute Gasteiger partial charge is 0.353 e. The zero-order valence-corrected chi connectivity index (χ0v) is 16.0. The molecule has 2 N–H and O–H groups in total. The Morgan fingerprint density at radius 1 is 0.963 bits per heavy atom. The van der Waals surface area contributed by atoms with Gasteiger partial charge >= 0.3 is 5.69 Å². The number of anilines is 4. The summed E-state index contributed by atoms with van der Waals surface area (Å²) in [6.07, 6.45) is 1.24. The number of aromatic nitrogens is 2. The summed E-state index contributed by atoms with van der Waals surface area (Å²) in [6.45, 7) is 3.89. The number of nitrogens with zero attached hydrogens (tertiary/aromatic N) is 3. The first-order chi connectivity index (χ1) is 12.8. The smallest absolute Gasteiger partial charge is 0.334 e. The van der Waals surface area contributed by atoms with Crippen molar-refractivity contribution < 1.29 is 4.92 Å². The van der Waals surface area contributed by atoms with Crippen molar-refractivity contribution in [2.75, 3.05) is 10.6 Å². The Morgan fingerprint density at radius 2 is 1.59 bits per heavy atom. The highest BCUT2D eigenvalue weighted by Crippen LogP contribution is 2.35. The van der Waals surface area contributed by atoms with E-state index < -0.39 is 4.92 Å². The van der Waals surface area contributed by atoms with Crippen LogP contribution in [0.25, 0.3) is 0 Å². The van der Waals surface area contributed by atoms with Crippen molar-refractivity contribution in [2.45, 2.75) is 13.8 Å². The molecular weight excluding hydrogens is 389 g/mol. The molecule has 2 aromatic carbocycles. The lowest BCUT2D eigenvalue weighted by molar-refractivity contribution is -0.383. The average Bonchev–Trinajstić information content (AvgIpc) is 2.60. The summed E-state index contributed by atoms with van der Waals surface area (Å²) in [5.41, 5.74) is 2.91. The van der Waals surface area contributed by atoms with Gasteiger partial charge < -0.3 is 10.6 Å². The van der Waals surface area contributed by atoms with Crippen LogP contribution in [0.5, 0.6) is 0 Å². The molecule has 0 radical (unpaired) electrons. The van der Waals surface area contributed by atoms with Crippen LogP contribution < -0.4 is 10.6 Å². The third kappa shape index (κ3) is 4.27. The van der Waals surface area contributed by atoms with E-state index in [0.29, 0.717) is 15.7 Å². The monoisotopic (exact) mass is 403 g/mol. The van der Waals surface area contributed by atoms with Crippen molar-refractivity contribution in [3.05, 3.63) is 74.0 Å². The van der Waals surface area contributed by atoms with Gasteiger partial charge in [0, 0.05) is 10.7 Å². The van der Waals surface area contributed by atoms with E-state index in [1.807, 2.05) is 32.0 Å². The van der Waals surface area contributed by atoms with Gasteiger partial charge in [0.25, 0.3) is 0 Å². The molecule has 0 aliphatic carbocycles. The number of nitrogens with one attached hydrogen (secondary N) is 2. The molecule has 0 unspecified atom stereocenters. The van der Waals surface area contributed by atoms with Gasteiger partial charge in [-0.3, -0.25) is 10.1 Å². The van der Waals surface area contributed by atoms with Crippen molar-refractivity contribution in [1.29, 1.82) is 0 Å². The summed E-state index contributed by atoms with van der Waals surface area (Å²) in [4.78, 5) is 19.2. The lowest BCUT2D eigenvalue weighted by Gasteiger charge is -2.12. The third-order valence-electron chi connectivity index (χ3n) is 3.82. The summed E-state index contributed by atoms with van der Waals surface area (Å²) >= 11 is 12.0. The Hall–Kier alpha value is -2.90. The van der Waals surface area contributed by atoms with Crippen LogP contribution in [-0.4, -0.2) is 14.9 Å². The van der Waals surface area contributed by atoms with Crippen molar-refractivity contribution in [2.24, 2.45) is 0 Å². The number of rotatable bonds is 5. The van der Waals surface area contributed by atoms with Crippen molar-refractivity contribution in [3.63, 3.8) is 0 Å². The molecule has 0 fully saturated rings. The highest BCUT2D eigenvalue weighted by Gasteiger charge is 2.24. The van der Waals surface area contributed by atoms with Crippen LogP contribution in [0.15, 0.2) is 42.7 Å². The molecule has 3 rings (SSSR count). The second-order valence-corrected chi connectivity index (χ2v) is 6.71. The lowest BCUT2D eigenvalue weighted by Crippen LogP contribution is -2.06. The number of nitro groups is 1. The van der Waals surface area contributed by atoms with Gasteiger partial charge in [0.2, 0.25) is 11.6 Å². The van der Waals surface area contributed by atoms with Gasteiger partial charge in [0.1, 0.15) is 6.33 Å². The molecule has 0 bridgehead atoms. The minimum Gasteiger partial charge on any atom is -0.334 e. The Kier molecular flexibility index (Phi) is 5.43. The molecule has 9 heteroatoms. The highest BCUT2D eigenvalue weighted by atomic mass is 35.5. The zero-order chi connectivity index (χ0) is 19.6. The van der Waals surface area contributed by atoms with Gasteiger partial charge in [0.05, 0.1) is 15.6 Å². The van der Waals surface area contributed by atoms with Gasteiger partial charge in [-0.1, -0.05) is 40.9 Å². The van der Waals surface area contributed by atoms with Gasteiger partial charge in [0.15, 0.2) is 0 Å². The molecule has 1 aromatic heterocycles. The molecular formula is C18H15Cl2N5O2. The van der Waals surface area contributed by atoms with E-state index in [2.05, 4.69) is 20.6 Å². The average molecular weight is 404 g/mol. The van der Waals surface area contributed by atoms with E-state index in [1.54, 1.807) is 12.1 Å². The number of aryl methyl sites for hydroxylation is 2. The summed E-state index contributed by atoms with van der Waals surface area (Å²) in [5, 5.41) is 18.4. The molecule has 0 amide bonds. The number of hydrogen-bond acceptors (Lipinski definition) is 6. The Labute approximate surface area is 165 Å². The molecule has 1 heterocycles. The Morgan fingerprint density at radius 3 is 2.19 bits per heavy atom. The summed E-state index contributed by atoms with van der Waals surface area (Å²) in [6, 6.07) is 10.5. The van der Waals surface area contributed by atoms with Crippen LogP contribution in [-0.2, 0) is 0 Å². The molecule has 7 nitrogen and oxygen atoms in total. The fourth-order valence-electron chi connectivity index (χ4n) is 2.53. The SMILES string of the molecule is Cc1ccc(Nc2ncnc(Nc3ccc(Cl)cc3Cl)c2[N+](=O)[O-])c(C)c1. The third-order valence-corrected chi connectivity index (χ3v) is 4.37. The van der Waals surface area contributed by atoms with Gasteiger partial charge in [-0.05, 0) is 43.7 Å².